The summed E-state index contributed by atoms with van der Waals surface area (Å²) in [6.07, 6.45) is 9.31. The van der Waals surface area contributed by atoms with Gasteiger partial charge in [-0.25, -0.2) is 4.98 Å². The van der Waals surface area contributed by atoms with Gasteiger partial charge in [0.15, 0.2) is 0 Å². The van der Waals surface area contributed by atoms with Gasteiger partial charge in [-0.2, -0.15) is 0 Å². The topological polar surface area (TPSA) is 40.7 Å². The highest BCUT2D eigenvalue weighted by atomic mass is 15.0. The van der Waals surface area contributed by atoms with Crippen molar-refractivity contribution in [3.63, 3.8) is 0 Å². The van der Waals surface area contributed by atoms with Gasteiger partial charge in [0.25, 0.3) is 0 Å². The average molecular weight is 326 g/mol. The maximum atomic E-state index is 4.78. The van der Waals surface area contributed by atoms with Crippen LogP contribution in [0, 0.1) is 5.92 Å². The summed E-state index contributed by atoms with van der Waals surface area (Å²) < 4.78 is 0. The normalized spacial score (nSPS) is 24.8. The maximum Gasteiger partial charge on any atom is 0.107 e. The number of aromatic amines is 1. The summed E-state index contributed by atoms with van der Waals surface area (Å²) in [6, 6.07) is 8.29. The molecule has 3 heteroatoms. The Kier molecular flexibility index (Phi) is 4.16. The first-order valence-electron chi connectivity index (χ1n) is 9.72. The number of hydrogen-bond acceptors (Lipinski definition) is 2. The molecule has 1 heterocycles. The fourth-order valence-electron chi connectivity index (χ4n) is 4.00. The molecule has 2 saturated carbocycles. The summed E-state index contributed by atoms with van der Waals surface area (Å²) in [5.74, 6) is 2.05. The Morgan fingerprint density at radius 1 is 1.17 bits per heavy atom. The Labute approximate surface area is 145 Å². The molecule has 3 nitrogen and oxygen atoms in total. The van der Waals surface area contributed by atoms with Crippen molar-refractivity contribution in [1.29, 1.82) is 0 Å². The van der Waals surface area contributed by atoms with E-state index in [4.69, 9.17) is 4.98 Å². The van der Waals surface area contributed by atoms with Crippen LogP contribution in [0.2, 0.25) is 0 Å². The molecule has 2 fully saturated rings. The summed E-state index contributed by atoms with van der Waals surface area (Å²) in [4.78, 5) is 8.33. The molecule has 24 heavy (non-hydrogen) atoms. The lowest BCUT2D eigenvalue weighted by Crippen LogP contribution is -2.48. The highest BCUT2D eigenvalue weighted by Gasteiger charge is 2.31. The number of benzene rings is 1. The molecule has 2 aliphatic rings. The SMILES string of the molecule is CC(C)(C)c1ccc2nc(CCC3CC(NC4CCC4)C3)[nH]c2c1. The van der Waals surface area contributed by atoms with Crippen LogP contribution in [0.3, 0.4) is 0 Å². The Morgan fingerprint density at radius 2 is 1.96 bits per heavy atom. The largest absolute Gasteiger partial charge is 0.342 e. The highest BCUT2D eigenvalue weighted by molar-refractivity contribution is 5.76. The number of hydrogen-bond donors (Lipinski definition) is 2. The number of imidazole rings is 1. The van der Waals surface area contributed by atoms with Crippen LogP contribution < -0.4 is 5.32 Å². The van der Waals surface area contributed by atoms with Gasteiger partial charge >= 0.3 is 0 Å². The molecule has 0 amide bonds. The van der Waals surface area contributed by atoms with Crippen molar-refractivity contribution in [2.75, 3.05) is 0 Å². The number of nitrogens with one attached hydrogen (secondary N) is 2. The lowest BCUT2D eigenvalue weighted by molar-refractivity contribution is 0.170. The first kappa shape index (κ1) is 16.1. The summed E-state index contributed by atoms with van der Waals surface area (Å²) >= 11 is 0. The van der Waals surface area contributed by atoms with Crippen LogP contribution in [0.4, 0.5) is 0 Å². The molecule has 0 spiro atoms. The van der Waals surface area contributed by atoms with Gasteiger partial charge in [0.1, 0.15) is 5.82 Å². The Balaban J connectivity index is 1.30. The molecule has 4 rings (SSSR count). The van der Waals surface area contributed by atoms with Crippen LogP contribution in [0.15, 0.2) is 18.2 Å². The molecule has 1 aromatic heterocycles. The van der Waals surface area contributed by atoms with Crippen LogP contribution in [-0.2, 0) is 11.8 Å². The van der Waals surface area contributed by atoms with Crippen LogP contribution in [0.1, 0.15) is 70.7 Å². The number of fused-ring (bicyclic) bond motifs is 1. The third-order valence-electron chi connectivity index (χ3n) is 6.00. The monoisotopic (exact) mass is 325 g/mol. The van der Waals surface area contributed by atoms with Gasteiger partial charge in [0.2, 0.25) is 0 Å². The van der Waals surface area contributed by atoms with Gasteiger partial charge < -0.3 is 10.3 Å². The minimum Gasteiger partial charge on any atom is -0.342 e. The third-order valence-corrected chi connectivity index (χ3v) is 6.00. The molecule has 0 bridgehead atoms. The van der Waals surface area contributed by atoms with E-state index in [1.54, 1.807) is 0 Å². The van der Waals surface area contributed by atoms with Crippen molar-refractivity contribution < 1.29 is 0 Å². The predicted molar refractivity (Wildman–Crippen MR) is 100 cm³/mol. The summed E-state index contributed by atoms with van der Waals surface area (Å²) in [5, 5.41) is 3.80. The molecular weight excluding hydrogens is 294 g/mol. The second-order valence-electron chi connectivity index (χ2n) is 9.03. The lowest BCUT2D eigenvalue weighted by atomic mass is 9.76. The van der Waals surface area contributed by atoms with Gasteiger partial charge in [-0.15, -0.1) is 0 Å². The lowest BCUT2D eigenvalue weighted by Gasteiger charge is -2.41. The Morgan fingerprint density at radius 3 is 2.62 bits per heavy atom. The maximum absolute atomic E-state index is 4.78. The standard InChI is InChI=1S/C21H31N3/c1-21(2,3)15-8-9-18-19(13-15)24-20(23-18)10-7-14-11-17(12-14)22-16-5-4-6-16/h8-9,13-14,16-17,22H,4-7,10-12H2,1-3H3,(H,23,24). The molecule has 2 aromatic rings. The fourth-order valence-corrected chi connectivity index (χ4v) is 4.00. The number of aryl methyl sites for hydroxylation is 1. The zero-order valence-electron chi connectivity index (χ0n) is 15.4. The number of rotatable bonds is 5. The van der Waals surface area contributed by atoms with Crippen LogP contribution in [-0.4, -0.2) is 22.1 Å². The van der Waals surface area contributed by atoms with Gasteiger partial charge in [0.05, 0.1) is 11.0 Å². The number of nitrogens with zero attached hydrogens (tertiary/aromatic N) is 1. The molecule has 1 aromatic carbocycles. The van der Waals surface area contributed by atoms with Crippen molar-refractivity contribution in [1.82, 2.24) is 15.3 Å². The minimum atomic E-state index is 0.188. The predicted octanol–water partition coefficient (Wildman–Crippen LogP) is 4.71. The van der Waals surface area contributed by atoms with Crippen molar-refractivity contribution in [2.24, 2.45) is 5.92 Å². The molecule has 0 unspecified atom stereocenters. The van der Waals surface area contributed by atoms with Crippen LogP contribution in [0.25, 0.3) is 11.0 Å². The van der Waals surface area contributed by atoms with Gasteiger partial charge in [-0.1, -0.05) is 33.3 Å². The van der Waals surface area contributed by atoms with E-state index in [2.05, 4.69) is 49.3 Å². The molecule has 0 saturated heterocycles. The first-order chi connectivity index (χ1) is 11.5. The molecule has 0 radical (unpaired) electrons. The average Bonchev–Trinajstić information content (AvgIpc) is 2.84. The molecule has 2 aliphatic carbocycles. The smallest absolute Gasteiger partial charge is 0.107 e. The fraction of sp³-hybridized carbons (Fsp3) is 0.667. The third kappa shape index (κ3) is 3.37. The van der Waals surface area contributed by atoms with E-state index in [-0.39, 0.29) is 5.41 Å². The quantitative estimate of drug-likeness (QED) is 0.835. The van der Waals surface area contributed by atoms with E-state index in [0.29, 0.717) is 0 Å². The molecular formula is C21H31N3. The first-order valence-corrected chi connectivity index (χ1v) is 9.72. The summed E-state index contributed by atoms with van der Waals surface area (Å²) in [6.45, 7) is 6.78. The molecule has 0 atom stereocenters. The van der Waals surface area contributed by atoms with Gasteiger partial charge in [-0.05, 0) is 61.1 Å². The van der Waals surface area contributed by atoms with Gasteiger partial charge in [0, 0.05) is 18.5 Å². The zero-order valence-corrected chi connectivity index (χ0v) is 15.4. The highest BCUT2D eigenvalue weighted by Crippen LogP contribution is 2.33. The van der Waals surface area contributed by atoms with Crippen molar-refractivity contribution in [2.45, 2.75) is 83.2 Å². The van der Waals surface area contributed by atoms with E-state index in [0.717, 1.165) is 35.8 Å². The van der Waals surface area contributed by atoms with Crippen LogP contribution in [0.5, 0.6) is 0 Å². The molecule has 130 valence electrons. The number of H-pyrrole nitrogens is 1. The Bertz CT molecular complexity index is 699. The summed E-state index contributed by atoms with van der Waals surface area (Å²) in [5.41, 5.74) is 3.86. The van der Waals surface area contributed by atoms with Crippen molar-refractivity contribution in [3.8, 4) is 0 Å². The Hall–Kier alpha value is -1.35. The van der Waals surface area contributed by atoms with E-state index >= 15 is 0 Å². The minimum absolute atomic E-state index is 0.188. The van der Waals surface area contributed by atoms with Crippen molar-refractivity contribution >= 4 is 11.0 Å². The van der Waals surface area contributed by atoms with Gasteiger partial charge in [-0.3, -0.25) is 0 Å². The van der Waals surface area contributed by atoms with Crippen molar-refractivity contribution in [3.05, 3.63) is 29.6 Å². The second-order valence-corrected chi connectivity index (χ2v) is 9.03. The second kappa shape index (κ2) is 6.18. The van der Waals surface area contributed by atoms with E-state index in [9.17, 15) is 0 Å². The summed E-state index contributed by atoms with van der Waals surface area (Å²) in [7, 11) is 0. The van der Waals surface area contributed by atoms with Crippen LogP contribution >= 0.6 is 0 Å². The zero-order chi connectivity index (χ0) is 16.7. The van der Waals surface area contributed by atoms with E-state index < -0.39 is 0 Å². The van der Waals surface area contributed by atoms with E-state index in [1.807, 2.05) is 0 Å². The number of aromatic nitrogens is 2. The van der Waals surface area contributed by atoms with E-state index in [1.165, 1.54) is 49.6 Å². The molecule has 2 N–H and O–H groups in total. The molecule has 0 aliphatic heterocycles.